The molecule has 0 fully saturated rings. The standard InChI is InChI=1S/C14H28N2O6/c17-9-1-5-15(6-2-10-18)13(21)14(22)16(7-3-11-19)8-4-12-20/h17-20H,1-12H2. The molecule has 0 bridgehead atoms. The van der Waals surface area contributed by atoms with Crippen LogP contribution in [0, 0.1) is 0 Å². The molecule has 0 radical (unpaired) electrons. The lowest BCUT2D eigenvalue weighted by Crippen LogP contribution is -2.47. The van der Waals surface area contributed by atoms with E-state index in [4.69, 9.17) is 20.4 Å². The van der Waals surface area contributed by atoms with E-state index in [9.17, 15) is 9.59 Å². The van der Waals surface area contributed by atoms with Crippen LogP contribution in [0.2, 0.25) is 0 Å². The molecule has 0 aromatic carbocycles. The minimum atomic E-state index is -0.683. The summed E-state index contributed by atoms with van der Waals surface area (Å²) in [6.07, 6.45) is 1.44. The average molecular weight is 320 g/mol. The highest BCUT2D eigenvalue weighted by Gasteiger charge is 2.26. The first-order valence-electron chi connectivity index (χ1n) is 7.64. The van der Waals surface area contributed by atoms with E-state index in [0.29, 0.717) is 25.7 Å². The number of rotatable bonds is 12. The Balaban J connectivity index is 4.75. The fourth-order valence-electron chi connectivity index (χ4n) is 1.95. The van der Waals surface area contributed by atoms with Gasteiger partial charge in [-0.05, 0) is 25.7 Å². The molecule has 2 amide bonds. The number of carbonyl (C=O) groups excluding carboxylic acids is 2. The second-order valence-electron chi connectivity index (χ2n) is 4.89. The van der Waals surface area contributed by atoms with Gasteiger partial charge >= 0.3 is 11.8 Å². The summed E-state index contributed by atoms with van der Waals surface area (Å²) >= 11 is 0. The van der Waals surface area contributed by atoms with Crippen molar-refractivity contribution < 1.29 is 30.0 Å². The van der Waals surface area contributed by atoms with Crippen LogP contribution in [0.5, 0.6) is 0 Å². The number of aliphatic hydroxyl groups is 4. The monoisotopic (exact) mass is 320 g/mol. The predicted molar refractivity (Wildman–Crippen MR) is 80.0 cm³/mol. The van der Waals surface area contributed by atoms with Gasteiger partial charge in [-0.2, -0.15) is 0 Å². The third-order valence-corrected chi connectivity index (χ3v) is 3.10. The zero-order valence-corrected chi connectivity index (χ0v) is 13.0. The minimum Gasteiger partial charge on any atom is -0.396 e. The zero-order valence-electron chi connectivity index (χ0n) is 13.0. The van der Waals surface area contributed by atoms with Crippen molar-refractivity contribution in [3.8, 4) is 0 Å². The lowest BCUT2D eigenvalue weighted by molar-refractivity contribution is -0.152. The topological polar surface area (TPSA) is 122 Å². The first-order chi connectivity index (χ1) is 10.6. The SMILES string of the molecule is O=C(C(=O)N(CCCO)CCCO)N(CCCO)CCCO. The first kappa shape index (κ1) is 20.8. The number of carbonyl (C=O) groups is 2. The Bertz CT molecular complexity index is 268. The summed E-state index contributed by atoms with van der Waals surface area (Å²) in [4.78, 5) is 27.2. The molecule has 0 rings (SSSR count). The normalized spacial score (nSPS) is 10.5. The van der Waals surface area contributed by atoms with E-state index >= 15 is 0 Å². The second-order valence-corrected chi connectivity index (χ2v) is 4.89. The van der Waals surface area contributed by atoms with E-state index < -0.39 is 11.8 Å². The lowest BCUT2D eigenvalue weighted by atomic mass is 10.3. The van der Waals surface area contributed by atoms with E-state index in [1.165, 1.54) is 9.80 Å². The van der Waals surface area contributed by atoms with Crippen LogP contribution >= 0.6 is 0 Å². The lowest BCUT2D eigenvalue weighted by Gasteiger charge is -2.26. The van der Waals surface area contributed by atoms with Crippen molar-refractivity contribution in [1.82, 2.24) is 9.80 Å². The highest BCUT2D eigenvalue weighted by molar-refractivity contribution is 6.34. The van der Waals surface area contributed by atoms with Crippen molar-refractivity contribution in [1.29, 1.82) is 0 Å². The Morgan fingerprint density at radius 3 is 0.955 bits per heavy atom. The van der Waals surface area contributed by atoms with Crippen LogP contribution in [0.3, 0.4) is 0 Å². The zero-order chi connectivity index (χ0) is 16.8. The van der Waals surface area contributed by atoms with Gasteiger partial charge in [0, 0.05) is 52.6 Å². The van der Waals surface area contributed by atoms with Crippen molar-refractivity contribution in [2.24, 2.45) is 0 Å². The molecular weight excluding hydrogens is 292 g/mol. The molecule has 0 aliphatic heterocycles. The molecule has 0 aliphatic carbocycles. The molecule has 0 saturated carbocycles. The summed E-state index contributed by atoms with van der Waals surface area (Å²) in [5.74, 6) is -1.37. The molecule has 0 saturated heterocycles. The number of nitrogens with zero attached hydrogens (tertiary/aromatic N) is 2. The molecule has 4 N–H and O–H groups in total. The molecule has 0 heterocycles. The Morgan fingerprint density at radius 2 is 0.773 bits per heavy atom. The van der Waals surface area contributed by atoms with Gasteiger partial charge in [-0.3, -0.25) is 9.59 Å². The predicted octanol–water partition coefficient (Wildman–Crippen LogP) is -1.83. The minimum absolute atomic E-state index is 0.0875. The Kier molecular flexibility index (Phi) is 12.7. The molecule has 0 aliphatic rings. The Hall–Kier alpha value is -1.22. The summed E-state index contributed by atoms with van der Waals surface area (Å²) in [7, 11) is 0. The van der Waals surface area contributed by atoms with E-state index in [-0.39, 0.29) is 52.6 Å². The maximum Gasteiger partial charge on any atom is 0.312 e. The Morgan fingerprint density at radius 1 is 0.545 bits per heavy atom. The highest BCUT2D eigenvalue weighted by atomic mass is 16.3. The van der Waals surface area contributed by atoms with Crippen LogP contribution in [0.15, 0.2) is 0 Å². The molecule has 0 spiro atoms. The van der Waals surface area contributed by atoms with E-state index in [2.05, 4.69) is 0 Å². The molecule has 22 heavy (non-hydrogen) atoms. The van der Waals surface area contributed by atoms with Gasteiger partial charge < -0.3 is 30.2 Å². The van der Waals surface area contributed by atoms with Crippen LogP contribution in [-0.4, -0.2) is 94.6 Å². The number of aliphatic hydroxyl groups excluding tert-OH is 4. The van der Waals surface area contributed by atoms with Gasteiger partial charge in [0.2, 0.25) is 0 Å². The molecule has 8 nitrogen and oxygen atoms in total. The quantitative estimate of drug-likeness (QED) is 0.314. The van der Waals surface area contributed by atoms with Crippen LogP contribution in [0.25, 0.3) is 0 Å². The van der Waals surface area contributed by atoms with Crippen LogP contribution in [0.4, 0.5) is 0 Å². The van der Waals surface area contributed by atoms with Crippen molar-refractivity contribution in [3.05, 3.63) is 0 Å². The molecule has 0 unspecified atom stereocenters. The molecule has 0 aromatic heterocycles. The number of hydrogen-bond acceptors (Lipinski definition) is 6. The fourth-order valence-corrected chi connectivity index (χ4v) is 1.95. The van der Waals surface area contributed by atoms with E-state index in [1.54, 1.807) is 0 Å². The highest BCUT2D eigenvalue weighted by Crippen LogP contribution is 2.02. The van der Waals surface area contributed by atoms with Gasteiger partial charge in [-0.25, -0.2) is 0 Å². The van der Waals surface area contributed by atoms with E-state index in [0.717, 1.165) is 0 Å². The molecule has 8 heteroatoms. The van der Waals surface area contributed by atoms with Gasteiger partial charge in [-0.15, -0.1) is 0 Å². The third-order valence-electron chi connectivity index (χ3n) is 3.10. The van der Waals surface area contributed by atoms with Gasteiger partial charge in [0.15, 0.2) is 0 Å². The summed E-state index contributed by atoms with van der Waals surface area (Å²) in [6, 6.07) is 0. The van der Waals surface area contributed by atoms with Gasteiger partial charge in [-0.1, -0.05) is 0 Å². The van der Waals surface area contributed by atoms with Crippen LogP contribution in [-0.2, 0) is 9.59 Å². The maximum absolute atomic E-state index is 12.3. The van der Waals surface area contributed by atoms with Crippen molar-refractivity contribution in [2.75, 3.05) is 52.6 Å². The van der Waals surface area contributed by atoms with Gasteiger partial charge in [0.1, 0.15) is 0 Å². The van der Waals surface area contributed by atoms with E-state index in [1.807, 2.05) is 0 Å². The maximum atomic E-state index is 12.3. The smallest absolute Gasteiger partial charge is 0.312 e. The molecular formula is C14H28N2O6. The molecule has 130 valence electrons. The fraction of sp³-hybridized carbons (Fsp3) is 0.857. The number of amides is 2. The van der Waals surface area contributed by atoms with Gasteiger partial charge in [0.25, 0.3) is 0 Å². The molecule has 0 aromatic rings. The first-order valence-corrected chi connectivity index (χ1v) is 7.64. The van der Waals surface area contributed by atoms with Crippen molar-refractivity contribution in [2.45, 2.75) is 25.7 Å². The summed E-state index contributed by atoms with van der Waals surface area (Å²) in [5, 5.41) is 35.5. The van der Waals surface area contributed by atoms with Crippen LogP contribution in [0.1, 0.15) is 25.7 Å². The third kappa shape index (κ3) is 8.28. The second kappa shape index (κ2) is 13.4. The summed E-state index contributed by atoms with van der Waals surface area (Å²) in [6.45, 7) is 0.630. The average Bonchev–Trinajstić information content (AvgIpc) is 2.54. The molecule has 0 atom stereocenters. The Labute approximate surface area is 131 Å². The summed E-state index contributed by atoms with van der Waals surface area (Å²) < 4.78 is 0. The van der Waals surface area contributed by atoms with Gasteiger partial charge in [0.05, 0.1) is 0 Å². The number of hydrogen-bond donors (Lipinski definition) is 4. The summed E-state index contributed by atoms with van der Waals surface area (Å²) in [5.41, 5.74) is 0. The largest absolute Gasteiger partial charge is 0.396 e. The van der Waals surface area contributed by atoms with Crippen LogP contribution < -0.4 is 0 Å². The van der Waals surface area contributed by atoms with Crippen molar-refractivity contribution >= 4 is 11.8 Å². The van der Waals surface area contributed by atoms with Crippen molar-refractivity contribution in [3.63, 3.8) is 0 Å².